The quantitative estimate of drug-likeness (QED) is 0.230. The lowest BCUT2D eigenvalue weighted by Crippen LogP contribution is -2.47. The molecule has 4 aromatic heterocycles. The van der Waals surface area contributed by atoms with Crippen LogP contribution >= 0.6 is 0 Å². The summed E-state index contributed by atoms with van der Waals surface area (Å²) in [6, 6.07) is 7.14. The van der Waals surface area contributed by atoms with Crippen molar-refractivity contribution >= 4 is 23.5 Å². The summed E-state index contributed by atoms with van der Waals surface area (Å²) in [5.41, 5.74) is 2.35. The minimum atomic E-state index is -4.53. The Morgan fingerprint density at radius 1 is 0.980 bits per heavy atom. The predicted octanol–water partition coefficient (Wildman–Crippen LogP) is 4.25. The van der Waals surface area contributed by atoms with Crippen molar-refractivity contribution in [1.82, 2.24) is 43.9 Å². The number of halogens is 3. The molecule has 0 spiro atoms. The van der Waals surface area contributed by atoms with Crippen LogP contribution in [0, 0.1) is 0 Å². The fourth-order valence-electron chi connectivity index (χ4n) is 6.24. The summed E-state index contributed by atoms with van der Waals surface area (Å²) in [6.07, 6.45) is 3.29. The SMILES string of the molecule is COc1ncnc(C2CC2)c1-c1ncc2nc(N3CCN(C)CC3)c(=O)n(Cc3ccc(-c4nc(C(F)(F)F)cn4C4CC4)cc3)c2n1.O=CO. The number of anilines is 1. The van der Waals surface area contributed by atoms with Crippen molar-refractivity contribution < 1.29 is 27.8 Å². The van der Waals surface area contributed by atoms with Gasteiger partial charge in [-0.2, -0.15) is 13.2 Å². The molecule has 5 heterocycles. The van der Waals surface area contributed by atoms with E-state index in [-0.39, 0.29) is 36.4 Å². The number of alkyl halides is 3. The van der Waals surface area contributed by atoms with Crippen molar-refractivity contribution in [3.05, 3.63) is 70.3 Å². The molecule has 17 heteroatoms. The average molecular weight is 705 g/mol. The Labute approximate surface area is 289 Å². The van der Waals surface area contributed by atoms with E-state index in [0.29, 0.717) is 52.9 Å². The predicted molar refractivity (Wildman–Crippen MR) is 180 cm³/mol. The van der Waals surface area contributed by atoms with Gasteiger partial charge in [0.1, 0.15) is 23.2 Å². The summed E-state index contributed by atoms with van der Waals surface area (Å²) in [7, 11) is 3.58. The number of fused-ring (bicyclic) bond motifs is 1. The van der Waals surface area contributed by atoms with Crippen LogP contribution in [0.1, 0.15) is 54.6 Å². The van der Waals surface area contributed by atoms with E-state index in [1.165, 1.54) is 13.4 Å². The van der Waals surface area contributed by atoms with Crippen molar-refractivity contribution in [2.24, 2.45) is 0 Å². The number of nitrogens with zero attached hydrogens (tertiary/aromatic N) is 10. The molecule has 0 unspecified atom stereocenters. The van der Waals surface area contributed by atoms with Crippen LogP contribution in [0.5, 0.6) is 5.88 Å². The topological polar surface area (TPSA) is 157 Å². The molecule has 5 aromatic rings. The van der Waals surface area contributed by atoms with Crippen LogP contribution in [-0.4, -0.2) is 95.9 Å². The third kappa shape index (κ3) is 6.97. The van der Waals surface area contributed by atoms with Crippen molar-refractivity contribution in [2.75, 3.05) is 45.2 Å². The van der Waals surface area contributed by atoms with E-state index in [4.69, 9.17) is 24.6 Å². The van der Waals surface area contributed by atoms with Gasteiger partial charge in [-0.3, -0.25) is 14.2 Å². The van der Waals surface area contributed by atoms with Gasteiger partial charge in [-0.25, -0.2) is 29.9 Å². The van der Waals surface area contributed by atoms with Gasteiger partial charge in [0, 0.05) is 49.9 Å². The van der Waals surface area contributed by atoms with E-state index < -0.39 is 11.9 Å². The molecule has 0 radical (unpaired) electrons. The number of hydrogen-bond acceptors (Lipinski definition) is 11. The van der Waals surface area contributed by atoms with E-state index >= 15 is 0 Å². The Kier molecular flexibility index (Phi) is 9.13. The maximum atomic E-state index is 14.3. The van der Waals surface area contributed by atoms with Gasteiger partial charge in [-0.05, 0) is 38.3 Å². The van der Waals surface area contributed by atoms with Crippen LogP contribution in [0.25, 0.3) is 33.9 Å². The fraction of sp³-hybridized carbons (Fsp3) is 0.412. The highest BCUT2D eigenvalue weighted by Gasteiger charge is 2.37. The lowest BCUT2D eigenvalue weighted by atomic mass is 10.1. The van der Waals surface area contributed by atoms with E-state index in [1.54, 1.807) is 27.5 Å². The van der Waals surface area contributed by atoms with E-state index in [0.717, 1.165) is 56.2 Å². The maximum absolute atomic E-state index is 14.3. The highest BCUT2D eigenvalue weighted by Crippen LogP contribution is 2.45. The minimum absolute atomic E-state index is 0.0148. The van der Waals surface area contributed by atoms with Gasteiger partial charge in [0.15, 0.2) is 23.0 Å². The molecule has 2 aliphatic carbocycles. The van der Waals surface area contributed by atoms with E-state index in [9.17, 15) is 18.0 Å². The first-order valence-corrected chi connectivity index (χ1v) is 16.5. The molecule has 3 fully saturated rings. The average Bonchev–Trinajstić information content (AvgIpc) is 4.08. The summed E-state index contributed by atoms with van der Waals surface area (Å²) >= 11 is 0. The molecular formula is C34H35F3N10O4. The first-order valence-electron chi connectivity index (χ1n) is 16.5. The highest BCUT2D eigenvalue weighted by atomic mass is 19.4. The van der Waals surface area contributed by atoms with Gasteiger partial charge in [0.25, 0.3) is 12.0 Å². The molecule has 1 aromatic carbocycles. The molecule has 0 atom stereocenters. The van der Waals surface area contributed by atoms with Crippen LogP contribution in [0.2, 0.25) is 0 Å². The molecule has 1 saturated heterocycles. The van der Waals surface area contributed by atoms with Gasteiger partial charge >= 0.3 is 6.18 Å². The van der Waals surface area contributed by atoms with Crippen molar-refractivity contribution in [2.45, 2.75) is 50.4 Å². The van der Waals surface area contributed by atoms with Gasteiger partial charge in [0.05, 0.1) is 25.5 Å². The maximum Gasteiger partial charge on any atom is 0.434 e. The number of rotatable bonds is 8. The molecule has 3 aliphatic rings. The number of benzene rings is 1. The molecular weight excluding hydrogens is 669 g/mol. The Morgan fingerprint density at radius 3 is 2.31 bits per heavy atom. The van der Waals surface area contributed by atoms with E-state index in [1.807, 2.05) is 24.1 Å². The van der Waals surface area contributed by atoms with Crippen LogP contribution in [0.3, 0.4) is 0 Å². The number of piperazine rings is 1. The highest BCUT2D eigenvalue weighted by molar-refractivity contribution is 5.76. The smallest absolute Gasteiger partial charge is 0.434 e. The Bertz CT molecular complexity index is 2120. The number of ether oxygens (including phenoxy) is 1. The van der Waals surface area contributed by atoms with Crippen molar-refractivity contribution in [3.8, 4) is 28.7 Å². The molecule has 14 nitrogen and oxygen atoms in total. The second-order valence-electron chi connectivity index (χ2n) is 12.8. The Balaban J connectivity index is 0.00000131. The van der Waals surface area contributed by atoms with Gasteiger partial charge in [0.2, 0.25) is 5.88 Å². The summed E-state index contributed by atoms with van der Waals surface area (Å²) in [6.45, 7) is 2.78. The molecule has 8 rings (SSSR count). The number of likely N-dealkylation sites (N-methyl/N-ethyl adjacent to an activating group) is 1. The number of carboxylic acid groups (broad SMARTS) is 1. The normalized spacial score (nSPS) is 16.5. The number of methoxy groups -OCH3 is 1. The lowest BCUT2D eigenvalue weighted by Gasteiger charge is -2.33. The largest absolute Gasteiger partial charge is 0.483 e. The number of carbonyl (C=O) groups is 1. The number of aromatic nitrogens is 8. The van der Waals surface area contributed by atoms with Crippen LogP contribution in [-0.2, 0) is 17.5 Å². The first kappa shape index (κ1) is 34.0. The standard InChI is InChI=1S/C33H33F3N10O2.CH2O2/c1-43-11-13-44(14-12-43)30-32(47)46(16-19-3-5-21(6-4-19)28-41-24(33(34,35)36)17-45(28)22-9-10-22)29-23(40-30)15-37-27(42-29)25-26(20-7-8-20)38-18-39-31(25)48-2;2-1-3/h3-6,15,17-18,20,22H,7-14,16H2,1-2H3;1H,(H,2,3). The lowest BCUT2D eigenvalue weighted by molar-refractivity contribution is -0.141. The second-order valence-corrected chi connectivity index (χ2v) is 12.8. The molecule has 51 heavy (non-hydrogen) atoms. The fourth-order valence-corrected chi connectivity index (χ4v) is 6.24. The van der Waals surface area contributed by atoms with Gasteiger partial charge in [-0.15, -0.1) is 0 Å². The molecule has 266 valence electrons. The monoisotopic (exact) mass is 704 g/mol. The minimum Gasteiger partial charge on any atom is -0.483 e. The molecule has 0 bridgehead atoms. The molecule has 1 N–H and O–H groups in total. The van der Waals surface area contributed by atoms with Crippen LogP contribution < -0.4 is 15.2 Å². The Hall–Kier alpha value is -5.45. The summed E-state index contributed by atoms with van der Waals surface area (Å²) < 4.78 is 49.4. The Morgan fingerprint density at radius 2 is 1.69 bits per heavy atom. The molecule has 1 aliphatic heterocycles. The van der Waals surface area contributed by atoms with Crippen molar-refractivity contribution in [3.63, 3.8) is 0 Å². The zero-order valence-electron chi connectivity index (χ0n) is 27.9. The third-order valence-electron chi connectivity index (χ3n) is 9.21. The summed E-state index contributed by atoms with van der Waals surface area (Å²) in [5, 5.41) is 6.89. The summed E-state index contributed by atoms with van der Waals surface area (Å²) in [4.78, 5) is 53.9. The van der Waals surface area contributed by atoms with Crippen LogP contribution in [0.4, 0.5) is 19.0 Å². The van der Waals surface area contributed by atoms with E-state index in [2.05, 4.69) is 24.8 Å². The molecule has 0 amide bonds. The van der Waals surface area contributed by atoms with Crippen LogP contribution in [0.15, 0.2) is 47.8 Å². The second kappa shape index (κ2) is 13.7. The third-order valence-corrected chi connectivity index (χ3v) is 9.21. The van der Waals surface area contributed by atoms with Gasteiger partial charge in [-0.1, -0.05) is 24.3 Å². The first-order chi connectivity index (χ1) is 24.6. The summed E-state index contributed by atoms with van der Waals surface area (Å²) in [5.74, 6) is 1.57. The number of imidazole rings is 1. The number of hydrogen-bond donors (Lipinski definition) is 1. The van der Waals surface area contributed by atoms with Gasteiger partial charge < -0.3 is 24.2 Å². The zero-order valence-corrected chi connectivity index (χ0v) is 27.9. The molecule has 2 saturated carbocycles. The van der Waals surface area contributed by atoms with Crippen molar-refractivity contribution in [1.29, 1.82) is 0 Å². The zero-order chi connectivity index (χ0) is 35.9.